The van der Waals surface area contributed by atoms with E-state index in [4.69, 9.17) is 0 Å². The van der Waals surface area contributed by atoms with Crippen LogP contribution in [0.4, 0.5) is 0 Å². The van der Waals surface area contributed by atoms with Crippen molar-refractivity contribution in [1.29, 1.82) is 0 Å². The predicted molar refractivity (Wildman–Crippen MR) is 75.4 cm³/mol. The molecule has 0 aromatic rings. The summed E-state index contributed by atoms with van der Waals surface area (Å²) in [4.78, 5) is 11.4. The van der Waals surface area contributed by atoms with Crippen molar-refractivity contribution in [3.05, 3.63) is 0 Å². The summed E-state index contributed by atoms with van der Waals surface area (Å²) < 4.78 is 0. The molecule has 0 aromatic carbocycles. The zero-order chi connectivity index (χ0) is 14.2. The maximum atomic E-state index is 11.4. The molecule has 1 amide bonds. The Labute approximate surface area is 112 Å². The van der Waals surface area contributed by atoms with Gasteiger partial charge in [-0.25, -0.2) is 0 Å². The standard InChI is InChI=1S/C14H30N2O2/c1-11(2)6-7-16-13(18)10-15-9-12(17)8-14(3,4)5/h11-12,15,17H,6-10H2,1-5H3,(H,16,18). The highest BCUT2D eigenvalue weighted by molar-refractivity contribution is 5.77. The third kappa shape index (κ3) is 11.9. The lowest BCUT2D eigenvalue weighted by atomic mass is 9.89. The molecule has 0 aromatic heterocycles. The number of amides is 1. The van der Waals surface area contributed by atoms with Gasteiger partial charge < -0.3 is 15.7 Å². The van der Waals surface area contributed by atoms with Crippen LogP contribution in [-0.2, 0) is 4.79 Å². The summed E-state index contributed by atoms with van der Waals surface area (Å²) in [5.41, 5.74) is 0.112. The van der Waals surface area contributed by atoms with E-state index in [1.165, 1.54) is 0 Å². The fraction of sp³-hybridized carbons (Fsp3) is 0.929. The van der Waals surface area contributed by atoms with Gasteiger partial charge >= 0.3 is 0 Å². The van der Waals surface area contributed by atoms with Crippen molar-refractivity contribution in [2.45, 2.75) is 53.6 Å². The fourth-order valence-electron chi connectivity index (χ4n) is 1.69. The number of hydrogen-bond acceptors (Lipinski definition) is 3. The van der Waals surface area contributed by atoms with Gasteiger partial charge in [0.25, 0.3) is 0 Å². The summed E-state index contributed by atoms with van der Waals surface area (Å²) in [6.45, 7) is 12.0. The molecule has 0 heterocycles. The molecule has 1 atom stereocenters. The van der Waals surface area contributed by atoms with Crippen LogP contribution in [0.1, 0.15) is 47.5 Å². The molecule has 0 aliphatic heterocycles. The van der Waals surface area contributed by atoms with Gasteiger partial charge in [0, 0.05) is 13.1 Å². The van der Waals surface area contributed by atoms with E-state index in [0.717, 1.165) is 19.4 Å². The largest absolute Gasteiger partial charge is 0.392 e. The second kappa shape index (κ2) is 8.48. The number of aliphatic hydroxyl groups excluding tert-OH is 1. The smallest absolute Gasteiger partial charge is 0.233 e. The number of aliphatic hydroxyl groups is 1. The van der Waals surface area contributed by atoms with Crippen LogP contribution >= 0.6 is 0 Å². The molecule has 1 unspecified atom stereocenters. The molecule has 108 valence electrons. The second-order valence-electron chi connectivity index (χ2n) is 6.58. The minimum Gasteiger partial charge on any atom is -0.392 e. The van der Waals surface area contributed by atoms with Crippen molar-refractivity contribution in [3.63, 3.8) is 0 Å². The Morgan fingerprint density at radius 2 is 1.89 bits per heavy atom. The zero-order valence-corrected chi connectivity index (χ0v) is 12.5. The molecule has 0 saturated heterocycles. The van der Waals surface area contributed by atoms with E-state index < -0.39 is 6.10 Å². The highest BCUT2D eigenvalue weighted by Crippen LogP contribution is 2.20. The van der Waals surface area contributed by atoms with E-state index in [0.29, 0.717) is 12.5 Å². The molecule has 4 heteroatoms. The molecule has 0 bridgehead atoms. The first kappa shape index (κ1) is 17.4. The Kier molecular flexibility index (Phi) is 8.20. The fourth-order valence-corrected chi connectivity index (χ4v) is 1.69. The number of carbonyl (C=O) groups is 1. The summed E-state index contributed by atoms with van der Waals surface area (Å²) in [6, 6.07) is 0. The molecule has 0 aliphatic rings. The summed E-state index contributed by atoms with van der Waals surface area (Å²) in [5, 5.41) is 15.6. The van der Waals surface area contributed by atoms with Crippen LogP contribution in [0.2, 0.25) is 0 Å². The number of carbonyl (C=O) groups excluding carboxylic acids is 1. The maximum absolute atomic E-state index is 11.4. The van der Waals surface area contributed by atoms with Crippen molar-refractivity contribution >= 4 is 5.91 Å². The van der Waals surface area contributed by atoms with Crippen LogP contribution in [0.5, 0.6) is 0 Å². The molecule has 0 fully saturated rings. The lowest BCUT2D eigenvalue weighted by Crippen LogP contribution is -2.38. The van der Waals surface area contributed by atoms with Crippen LogP contribution < -0.4 is 10.6 Å². The minimum atomic E-state index is -0.395. The Bertz CT molecular complexity index is 234. The van der Waals surface area contributed by atoms with Gasteiger partial charge in [-0.1, -0.05) is 34.6 Å². The van der Waals surface area contributed by atoms with Gasteiger partial charge in [0.1, 0.15) is 0 Å². The van der Waals surface area contributed by atoms with E-state index >= 15 is 0 Å². The number of rotatable bonds is 8. The monoisotopic (exact) mass is 258 g/mol. The van der Waals surface area contributed by atoms with Crippen molar-refractivity contribution in [2.75, 3.05) is 19.6 Å². The van der Waals surface area contributed by atoms with Gasteiger partial charge in [-0.15, -0.1) is 0 Å². The van der Waals surface area contributed by atoms with Gasteiger partial charge in [-0.05, 0) is 24.2 Å². The molecule has 3 N–H and O–H groups in total. The molecule has 0 saturated carbocycles. The summed E-state index contributed by atoms with van der Waals surface area (Å²) >= 11 is 0. The van der Waals surface area contributed by atoms with E-state index in [1.807, 2.05) is 0 Å². The number of hydrogen-bond donors (Lipinski definition) is 3. The van der Waals surface area contributed by atoms with Crippen molar-refractivity contribution in [2.24, 2.45) is 11.3 Å². The third-order valence-electron chi connectivity index (χ3n) is 2.56. The molecule has 18 heavy (non-hydrogen) atoms. The van der Waals surface area contributed by atoms with Crippen LogP contribution in [0.25, 0.3) is 0 Å². The first-order valence-electron chi connectivity index (χ1n) is 6.86. The van der Waals surface area contributed by atoms with E-state index in [1.54, 1.807) is 0 Å². The Morgan fingerprint density at radius 1 is 1.28 bits per heavy atom. The Morgan fingerprint density at radius 3 is 2.39 bits per heavy atom. The lowest BCUT2D eigenvalue weighted by Gasteiger charge is -2.22. The summed E-state index contributed by atoms with van der Waals surface area (Å²) in [7, 11) is 0. The maximum Gasteiger partial charge on any atom is 0.233 e. The van der Waals surface area contributed by atoms with Gasteiger partial charge in [0.2, 0.25) is 5.91 Å². The van der Waals surface area contributed by atoms with Gasteiger partial charge in [0.05, 0.1) is 12.6 Å². The van der Waals surface area contributed by atoms with E-state index in [-0.39, 0.29) is 17.9 Å². The molecule has 4 nitrogen and oxygen atoms in total. The van der Waals surface area contributed by atoms with Crippen molar-refractivity contribution in [1.82, 2.24) is 10.6 Å². The van der Waals surface area contributed by atoms with Crippen LogP contribution in [0.3, 0.4) is 0 Å². The van der Waals surface area contributed by atoms with Gasteiger partial charge in [0.15, 0.2) is 0 Å². The quantitative estimate of drug-likeness (QED) is 0.619. The molecule has 0 spiro atoms. The third-order valence-corrected chi connectivity index (χ3v) is 2.56. The summed E-state index contributed by atoms with van der Waals surface area (Å²) in [6.07, 6.45) is 1.33. The zero-order valence-electron chi connectivity index (χ0n) is 12.5. The van der Waals surface area contributed by atoms with Crippen molar-refractivity contribution in [3.8, 4) is 0 Å². The topological polar surface area (TPSA) is 61.4 Å². The average molecular weight is 258 g/mol. The van der Waals surface area contributed by atoms with E-state index in [9.17, 15) is 9.90 Å². The highest BCUT2D eigenvalue weighted by atomic mass is 16.3. The average Bonchev–Trinajstić information content (AvgIpc) is 2.13. The minimum absolute atomic E-state index is 0.00129. The predicted octanol–water partition coefficient (Wildman–Crippen LogP) is 1.54. The molecule has 0 radical (unpaired) electrons. The highest BCUT2D eigenvalue weighted by Gasteiger charge is 2.16. The normalized spacial score (nSPS) is 13.7. The lowest BCUT2D eigenvalue weighted by molar-refractivity contribution is -0.120. The molecular formula is C14H30N2O2. The van der Waals surface area contributed by atoms with Crippen LogP contribution in [0.15, 0.2) is 0 Å². The van der Waals surface area contributed by atoms with Crippen LogP contribution in [0, 0.1) is 11.3 Å². The molecular weight excluding hydrogens is 228 g/mol. The SMILES string of the molecule is CC(C)CCNC(=O)CNCC(O)CC(C)(C)C. The Balaban J connectivity index is 3.56. The van der Waals surface area contributed by atoms with Gasteiger partial charge in [-0.3, -0.25) is 4.79 Å². The number of nitrogens with one attached hydrogen (secondary N) is 2. The first-order valence-corrected chi connectivity index (χ1v) is 6.86. The van der Waals surface area contributed by atoms with E-state index in [2.05, 4.69) is 45.3 Å². The Hall–Kier alpha value is -0.610. The second-order valence-corrected chi connectivity index (χ2v) is 6.58. The summed E-state index contributed by atoms with van der Waals surface area (Å²) in [5.74, 6) is 0.602. The molecule has 0 aliphatic carbocycles. The molecule has 0 rings (SSSR count). The van der Waals surface area contributed by atoms with Gasteiger partial charge in [-0.2, -0.15) is 0 Å². The van der Waals surface area contributed by atoms with Crippen molar-refractivity contribution < 1.29 is 9.90 Å². The first-order chi connectivity index (χ1) is 8.20. The van der Waals surface area contributed by atoms with Crippen LogP contribution in [-0.4, -0.2) is 36.8 Å².